The highest BCUT2D eigenvalue weighted by molar-refractivity contribution is 5.89. The molecule has 4 aromatic rings. The molecule has 5 heteroatoms. The van der Waals surface area contributed by atoms with Gasteiger partial charge in [0.25, 0.3) is 0 Å². The summed E-state index contributed by atoms with van der Waals surface area (Å²) < 4.78 is 0. The van der Waals surface area contributed by atoms with E-state index in [4.69, 9.17) is 4.84 Å². The normalized spacial score (nSPS) is 10.6. The molecule has 23 heavy (non-hydrogen) atoms. The lowest BCUT2D eigenvalue weighted by Gasteiger charge is -2.07. The van der Waals surface area contributed by atoms with Gasteiger partial charge >= 0.3 is 6.01 Å². The molecule has 0 amide bonds. The molecule has 5 nitrogen and oxygen atoms in total. The minimum Gasteiger partial charge on any atom is -0.342 e. The second-order valence-corrected chi connectivity index (χ2v) is 5.05. The van der Waals surface area contributed by atoms with Crippen LogP contribution in [0.4, 0.5) is 5.69 Å². The fourth-order valence-electron chi connectivity index (χ4n) is 2.41. The maximum atomic E-state index is 5.55. The van der Waals surface area contributed by atoms with E-state index >= 15 is 0 Å². The average molecular weight is 302 g/mol. The maximum absolute atomic E-state index is 5.55. The predicted octanol–water partition coefficient (Wildman–Crippen LogP) is 4.03. The number of rotatable bonds is 4. The topological polar surface area (TPSA) is 62.8 Å². The zero-order chi connectivity index (χ0) is 15.5. The van der Waals surface area contributed by atoms with Crippen molar-refractivity contribution in [2.24, 2.45) is 0 Å². The number of hydrogen-bond donors (Lipinski definition) is 2. The monoisotopic (exact) mass is 302 g/mol. The van der Waals surface area contributed by atoms with Gasteiger partial charge in [-0.25, -0.2) is 10.5 Å². The Morgan fingerprint density at radius 1 is 0.870 bits per heavy atom. The summed E-state index contributed by atoms with van der Waals surface area (Å²) in [5.74, 6) is 0. The summed E-state index contributed by atoms with van der Waals surface area (Å²) in [6, 6.07) is 20.2. The molecule has 2 heterocycles. The first-order chi connectivity index (χ1) is 11.4. The zero-order valence-electron chi connectivity index (χ0n) is 12.2. The second kappa shape index (κ2) is 5.81. The molecular formula is C18H14N4O. The summed E-state index contributed by atoms with van der Waals surface area (Å²) in [6.45, 7) is 0. The van der Waals surface area contributed by atoms with Crippen molar-refractivity contribution in [2.45, 2.75) is 0 Å². The van der Waals surface area contributed by atoms with Gasteiger partial charge < -0.3 is 9.82 Å². The number of H-pyrrole nitrogens is 1. The molecule has 2 aromatic carbocycles. The molecule has 0 atom stereocenters. The van der Waals surface area contributed by atoms with E-state index in [0.717, 1.165) is 27.8 Å². The maximum Gasteiger partial charge on any atom is 0.321 e. The molecule has 0 aliphatic rings. The minimum atomic E-state index is 0.400. The van der Waals surface area contributed by atoms with E-state index in [1.807, 2.05) is 60.7 Å². The van der Waals surface area contributed by atoms with Gasteiger partial charge in [0.05, 0.1) is 23.1 Å². The van der Waals surface area contributed by atoms with E-state index in [0.29, 0.717) is 6.01 Å². The van der Waals surface area contributed by atoms with Crippen molar-refractivity contribution in [3.8, 4) is 17.3 Å². The highest BCUT2D eigenvalue weighted by atomic mass is 16.7. The van der Waals surface area contributed by atoms with Crippen molar-refractivity contribution in [3.05, 3.63) is 73.1 Å². The number of para-hydroxylation sites is 1. The Hall–Kier alpha value is -3.34. The van der Waals surface area contributed by atoms with Crippen LogP contribution >= 0.6 is 0 Å². The van der Waals surface area contributed by atoms with Gasteiger partial charge in [0.1, 0.15) is 0 Å². The zero-order valence-corrected chi connectivity index (χ0v) is 12.2. The first kappa shape index (κ1) is 13.3. The predicted molar refractivity (Wildman–Crippen MR) is 90.0 cm³/mol. The SMILES string of the molecule is c1ccc(-c2cnc(ONc3cccc4cccnc34)[nH]2)cc1. The summed E-state index contributed by atoms with van der Waals surface area (Å²) in [6.07, 6.45) is 3.50. The molecule has 0 aliphatic heterocycles. The molecule has 0 spiro atoms. The van der Waals surface area contributed by atoms with E-state index in [9.17, 15) is 0 Å². The van der Waals surface area contributed by atoms with Crippen LogP contribution in [0.5, 0.6) is 6.01 Å². The molecule has 2 aromatic heterocycles. The summed E-state index contributed by atoms with van der Waals surface area (Å²) in [7, 11) is 0. The first-order valence-electron chi connectivity index (χ1n) is 7.27. The number of pyridine rings is 1. The highest BCUT2D eigenvalue weighted by Crippen LogP contribution is 2.22. The molecule has 2 N–H and O–H groups in total. The Balaban J connectivity index is 1.54. The summed E-state index contributed by atoms with van der Waals surface area (Å²) in [4.78, 5) is 17.3. The van der Waals surface area contributed by atoms with Crippen molar-refractivity contribution >= 4 is 16.6 Å². The van der Waals surface area contributed by atoms with Gasteiger partial charge in [-0.05, 0) is 17.7 Å². The molecule has 0 bridgehead atoms. The Bertz CT molecular complexity index is 929. The molecule has 112 valence electrons. The number of hydrogen-bond acceptors (Lipinski definition) is 4. The van der Waals surface area contributed by atoms with Crippen molar-refractivity contribution < 1.29 is 4.84 Å². The fraction of sp³-hybridized carbons (Fsp3) is 0. The molecule has 0 fully saturated rings. The van der Waals surface area contributed by atoms with Gasteiger partial charge in [0.2, 0.25) is 0 Å². The Morgan fingerprint density at radius 2 is 1.74 bits per heavy atom. The summed E-state index contributed by atoms with van der Waals surface area (Å²) in [5, 5.41) is 1.05. The minimum absolute atomic E-state index is 0.400. The number of aromatic amines is 1. The molecule has 0 aliphatic carbocycles. The number of nitrogens with zero attached hydrogens (tertiary/aromatic N) is 2. The number of benzene rings is 2. The largest absolute Gasteiger partial charge is 0.342 e. The quantitative estimate of drug-likeness (QED) is 0.559. The standard InChI is InChI=1S/C18H14N4O/c1-2-6-13(7-3-1)16-12-20-18(21-16)23-22-15-10-4-8-14-9-5-11-19-17(14)15/h1-12,22H,(H,20,21). The van der Waals surface area contributed by atoms with Crippen molar-refractivity contribution in [1.82, 2.24) is 15.0 Å². The van der Waals surface area contributed by atoms with Gasteiger partial charge in [0, 0.05) is 11.6 Å². The number of fused-ring (bicyclic) bond motifs is 1. The molecule has 4 rings (SSSR count). The van der Waals surface area contributed by atoms with Gasteiger partial charge in [0.15, 0.2) is 0 Å². The lowest BCUT2D eigenvalue weighted by atomic mass is 10.2. The molecule has 0 unspecified atom stereocenters. The van der Waals surface area contributed by atoms with Crippen LogP contribution in [-0.2, 0) is 0 Å². The van der Waals surface area contributed by atoms with Crippen LogP contribution in [0.15, 0.2) is 73.1 Å². The van der Waals surface area contributed by atoms with Gasteiger partial charge in [-0.2, -0.15) is 0 Å². The molecule has 0 saturated heterocycles. The fourth-order valence-corrected chi connectivity index (χ4v) is 2.41. The third-order valence-electron chi connectivity index (χ3n) is 3.53. The molecule has 0 radical (unpaired) electrons. The van der Waals surface area contributed by atoms with Crippen LogP contribution in [0, 0.1) is 0 Å². The Labute approximate surface area is 132 Å². The van der Waals surface area contributed by atoms with E-state index < -0.39 is 0 Å². The van der Waals surface area contributed by atoms with Crippen LogP contribution in [0.25, 0.3) is 22.2 Å². The Morgan fingerprint density at radius 3 is 2.65 bits per heavy atom. The first-order valence-corrected chi connectivity index (χ1v) is 7.27. The van der Waals surface area contributed by atoms with Crippen LogP contribution in [-0.4, -0.2) is 15.0 Å². The third kappa shape index (κ3) is 2.72. The number of imidazole rings is 1. The Kier molecular flexibility index (Phi) is 3.37. The van der Waals surface area contributed by atoms with E-state index in [1.54, 1.807) is 12.4 Å². The van der Waals surface area contributed by atoms with E-state index in [2.05, 4.69) is 20.4 Å². The van der Waals surface area contributed by atoms with Crippen LogP contribution in [0.2, 0.25) is 0 Å². The third-order valence-corrected chi connectivity index (χ3v) is 3.53. The summed E-state index contributed by atoms with van der Waals surface area (Å²) in [5.41, 5.74) is 6.52. The lowest BCUT2D eigenvalue weighted by Crippen LogP contribution is -2.06. The number of aromatic nitrogens is 3. The summed E-state index contributed by atoms with van der Waals surface area (Å²) >= 11 is 0. The van der Waals surface area contributed by atoms with E-state index in [-0.39, 0.29) is 0 Å². The number of anilines is 1. The average Bonchev–Trinajstić information content (AvgIpc) is 3.10. The van der Waals surface area contributed by atoms with Crippen molar-refractivity contribution in [2.75, 3.05) is 5.48 Å². The van der Waals surface area contributed by atoms with Crippen LogP contribution < -0.4 is 10.3 Å². The molecule has 0 saturated carbocycles. The lowest BCUT2D eigenvalue weighted by molar-refractivity contribution is 0.377. The highest BCUT2D eigenvalue weighted by Gasteiger charge is 2.06. The number of nitrogens with one attached hydrogen (secondary N) is 2. The van der Waals surface area contributed by atoms with Crippen LogP contribution in [0.1, 0.15) is 0 Å². The van der Waals surface area contributed by atoms with Crippen molar-refractivity contribution in [1.29, 1.82) is 0 Å². The van der Waals surface area contributed by atoms with Gasteiger partial charge in [-0.15, -0.1) is 0 Å². The van der Waals surface area contributed by atoms with E-state index in [1.165, 1.54) is 0 Å². The van der Waals surface area contributed by atoms with Crippen molar-refractivity contribution in [3.63, 3.8) is 0 Å². The smallest absolute Gasteiger partial charge is 0.321 e. The van der Waals surface area contributed by atoms with Gasteiger partial charge in [-0.1, -0.05) is 48.5 Å². The van der Waals surface area contributed by atoms with Gasteiger partial charge in [-0.3, -0.25) is 4.98 Å². The molecular weight excluding hydrogens is 288 g/mol. The second-order valence-electron chi connectivity index (χ2n) is 5.05. The van der Waals surface area contributed by atoms with Crippen LogP contribution in [0.3, 0.4) is 0 Å².